The number of likely N-dealkylation sites (N-methyl/N-ethyl adjacent to an activating group) is 1. The molecule has 10 heteroatoms. The smallest absolute Gasteiger partial charge is 0.271 e. The molecular formula is C25H37N7O3. The number of rotatable bonds is 8. The molecular weight excluding hydrogens is 446 g/mol. The number of piperazine rings is 1. The first-order chi connectivity index (χ1) is 16.9. The standard InChI is InChI=1S/C25H37N7O3/c1-4-21-24(27-16-5-7-19(33)8-6-16)30-25(22(29-21)23(26)34)28-17-13-18(15-20(14-17)35-3)32-11-9-31(2)10-12-32/h13-16,19,33H,4-12H2,1-3H3,(H2,26,34)(H2,27,28,30)/t16-,19-. The number of benzene rings is 1. The minimum atomic E-state index is -0.635. The molecule has 4 rings (SSSR count). The van der Waals surface area contributed by atoms with Gasteiger partial charge in [-0.05, 0) is 45.2 Å². The highest BCUT2D eigenvalue weighted by molar-refractivity contribution is 5.96. The predicted octanol–water partition coefficient (Wildman–Crippen LogP) is 2.36. The van der Waals surface area contributed by atoms with Crippen molar-refractivity contribution in [1.82, 2.24) is 14.9 Å². The Labute approximate surface area is 206 Å². The number of primary amides is 1. The highest BCUT2D eigenvalue weighted by Crippen LogP contribution is 2.31. The fraction of sp³-hybridized carbons (Fsp3) is 0.560. The molecule has 1 aliphatic heterocycles. The Morgan fingerprint density at radius 1 is 1.11 bits per heavy atom. The van der Waals surface area contributed by atoms with E-state index in [0.717, 1.165) is 63.2 Å². The monoisotopic (exact) mass is 483 g/mol. The predicted molar refractivity (Wildman–Crippen MR) is 138 cm³/mol. The lowest BCUT2D eigenvalue weighted by Gasteiger charge is -2.34. The van der Waals surface area contributed by atoms with Crippen molar-refractivity contribution >= 4 is 28.9 Å². The third kappa shape index (κ3) is 6.12. The van der Waals surface area contributed by atoms with E-state index in [2.05, 4.69) is 32.5 Å². The van der Waals surface area contributed by atoms with Gasteiger partial charge < -0.3 is 36.0 Å². The Balaban J connectivity index is 1.64. The van der Waals surface area contributed by atoms with Gasteiger partial charge in [0.2, 0.25) is 0 Å². The van der Waals surface area contributed by atoms with Crippen LogP contribution in [0.3, 0.4) is 0 Å². The van der Waals surface area contributed by atoms with Gasteiger partial charge in [-0.2, -0.15) is 0 Å². The summed E-state index contributed by atoms with van der Waals surface area (Å²) in [5.74, 6) is 1.03. The summed E-state index contributed by atoms with van der Waals surface area (Å²) in [4.78, 5) is 26.2. The number of hydrogen-bond donors (Lipinski definition) is 4. The minimum Gasteiger partial charge on any atom is -0.497 e. The van der Waals surface area contributed by atoms with Gasteiger partial charge in [-0.15, -0.1) is 0 Å². The van der Waals surface area contributed by atoms with E-state index in [0.29, 0.717) is 29.5 Å². The number of carbonyl (C=O) groups excluding carboxylic acids is 1. The van der Waals surface area contributed by atoms with Gasteiger partial charge in [0, 0.05) is 55.7 Å². The summed E-state index contributed by atoms with van der Waals surface area (Å²) in [7, 11) is 3.77. The molecule has 35 heavy (non-hydrogen) atoms. The average Bonchev–Trinajstić information content (AvgIpc) is 2.85. The normalized spacial score (nSPS) is 21.0. The number of aliphatic hydroxyl groups excluding tert-OH is 1. The van der Waals surface area contributed by atoms with E-state index in [9.17, 15) is 9.90 Å². The van der Waals surface area contributed by atoms with Crippen molar-refractivity contribution in [2.45, 2.75) is 51.2 Å². The lowest BCUT2D eigenvalue weighted by atomic mass is 9.93. The Morgan fingerprint density at radius 2 is 1.83 bits per heavy atom. The number of hydrogen-bond acceptors (Lipinski definition) is 9. The highest BCUT2D eigenvalue weighted by Gasteiger charge is 2.23. The molecule has 1 saturated heterocycles. The summed E-state index contributed by atoms with van der Waals surface area (Å²) in [6, 6.07) is 6.12. The van der Waals surface area contributed by atoms with Crippen LogP contribution in [0.4, 0.5) is 23.0 Å². The number of anilines is 4. The van der Waals surface area contributed by atoms with Crippen LogP contribution in [0.15, 0.2) is 18.2 Å². The molecule has 0 radical (unpaired) electrons. The second-order valence-electron chi connectivity index (χ2n) is 9.42. The van der Waals surface area contributed by atoms with Crippen molar-refractivity contribution in [1.29, 1.82) is 0 Å². The summed E-state index contributed by atoms with van der Waals surface area (Å²) in [6.45, 7) is 5.80. The van der Waals surface area contributed by atoms with Crippen molar-refractivity contribution in [3.63, 3.8) is 0 Å². The Morgan fingerprint density at radius 3 is 2.46 bits per heavy atom. The number of aromatic nitrogens is 2. The number of aliphatic hydroxyl groups is 1. The molecule has 1 saturated carbocycles. The van der Waals surface area contributed by atoms with E-state index < -0.39 is 5.91 Å². The van der Waals surface area contributed by atoms with Gasteiger partial charge >= 0.3 is 0 Å². The molecule has 0 bridgehead atoms. The molecule has 1 amide bonds. The van der Waals surface area contributed by atoms with E-state index in [1.807, 2.05) is 25.1 Å². The van der Waals surface area contributed by atoms with Crippen molar-refractivity contribution in [2.75, 3.05) is 55.9 Å². The van der Waals surface area contributed by atoms with Gasteiger partial charge in [-0.3, -0.25) is 4.79 Å². The highest BCUT2D eigenvalue weighted by atomic mass is 16.5. The topological polar surface area (TPSA) is 129 Å². The molecule has 190 valence electrons. The lowest BCUT2D eigenvalue weighted by molar-refractivity contribution is 0.0996. The van der Waals surface area contributed by atoms with Crippen molar-refractivity contribution in [3.05, 3.63) is 29.6 Å². The van der Waals surface area contributed by atoms with Gasteiger partial charge in [0.15, 0.2) is 11.5 Å². The zero-order valence-corrected chi connectivity index (χ0v) is 20.9. The Bertz CT molecular complexity index is 1030. The summed E-state index contributed by atoms with van der Waals surface area (Å²) in [6.07, 6.45) is 3.61. The maximum absolute atomic E-state index is 12.3. The quantitative estimate of drug-likeness (QED) is 0.447. The van der Waals surface area contributed by atoms with Gasteiger partial charge in [0.1, 0.15) is 11.6 Å². The molecule has 0 unspecified atom stereocenters. The average molecular weight is 484 g/mol. The van der Waals surface area contributed by atoms with E-state index in [1.54, 1.807) is 7.11 Å². The molecule has 5 N–H and O–H groups in total. The van der Waals surface area contributed by atoms with Crippen molar-refractivity contribution in [3.8, 4) is 5.75 Å². The summed E-state index contributed by atoms with van der Waals surface area (Å²) in [5, 5.41) is 16.6. The van der Waals surface area contributed by atoms with Crippen LogP contribution in [-0.4, -0.2) is 78.4 Å². The Hall–Kier alpha value is -3.11. The minimum absolute atomic E-state index is 0.107. The van der Waals surface area contributed by atoms with Crippen LogP contribution in [0.25, 0.3) is 0 Å². The fourth-order valence-electron chi connectivity index (χ4n) is 4.66. The molecule has 1 aliphatic carbocycles. The van der Waals surface area contributed by atoms with Gasteiger partial charge in [0.25, 0.3) is 5.91 Å². The molecule has 10 nitrogen and oxygen atoms in total. The van der Waals surface area contributed by atoms with Crippen LogP contribution in [0.2, 0.25) is 0 Å². The molecule has 1 aromatic carbocycles. The summed E-state index contributed by atoms with van der Waals surface area (Å²) < 4.78 is 5.55. The number of methoxy groups -OCH3 is 1. The molecule has 2 heterocycles. The maximum atomic E-state index is 12.3. The van der Waals surface area contributed by atoms with Crippen LogP contribution in [0, 0.1) is 0 Å². The van der Waals surface area contributed by atoms with E-state index in [4.69, 9.17) is 15.5 Å². The number of carbonyl (C=O) groups is 1. The maximum Gasteiger partial charge on any atom is 0.271 e. The molecule has 2 aliphatic rings. The molecule has 2 fully saturated rings. The van der Waals surface area contributed by atoms with Crippen LogP contribution >= 0.6 is 0 Å². The third-order valence-electron chi connectivity index (χ3n) is 6.83. The number of nitrogens with two attached hydrogens (primary N) is 1. The van der Waals surface area contributed by atoms with Crippen LogP contribution in [-0.2, 0) is 6.42 Å². The summed E-state index contributed by atoms with van der Waals surface area (Å²) in [5.41, 5.74) is 8.27. The van der Waals surface area contributed by atoms with Gasteiger partial charge in [-0.1, -0.05) is 6.92 Å². The van der Waals surface area contributed by atoms with Crippen molar-refractivity contribution in [2.24, 2.45) is 5.73 Å². The Kier molecular flexibility index (Phi) is 7.92. The first kappa shape index (κ1) is 25.0. The molecule has 0 atom stereocenters. The zero-order valence-electron chi connectivity index (χ0n) is 20.9. The molecule has 1 aromatic heterocycles. The fourth-order valence-corrected chi connectivity index (χ4v) is 4.66. The van der Waals surface area contributed by atoms with Gasteiger partial charge in [0.05, 0.1) is 18.9 Å². The summed E-state index contributed by atoms with van der Waals surface area (Å²) >= 11 is 0. The molecule has 2 aromatic rings. The van der Waals surface area contributed by atoms with Crippen molar-refractivity contribution < 1.29 is 14.6 Å². The zero-order chi connectivity index (χ0) is 24.9. The number of ether oxygens (including phenoxy) is 1. The van der Waals surface area contributed by atoms with E-state index in [1.165, 1.54) is 0 Å². The van der Waals surface area contributed by atoms with Crippen LogP contribution in [0.1, 0.15) is 48.8 Å². The third-order valence-corrected chi connectivity index (χ3v) is 6.83. The number of aryl methyl sites for hydroxylation is 1. The lowest BCUT2D eigenvalue weighted by Crippen LogP contribution is -2.44. The molecule has 0 spiro atoms. The first-order valence-corrected chi connectivity index (χ1v) is 12.4. The van der Waals surface area contributed by atoms with Crippen LogP contribution < -0.4 is 26.0 Å². The second kappa shape index (κ2) is 11.1. The van der Waals surface area contributed by atoms with E-state index >= 15 is 0 Å². The van der Waals surface area contributed by atoms with E-state index in [-0.39, 0.29) is 17.8 Å². The number of nitrogens with zero attached hydrogens (tertiary/aromatic N) is 4. The first-order valence-electron chi connectivity index (χ1n) is 12.4. The number of amides is 1. The second-order valence-corrected chi connectivity index (χ2v) is 9.42. The SMILES string of the molecule is CCc1nc(C(N)=O)c(Nc2cc(OC)cc(N3CCN(C)CC3)c2)nc1N[C@H]1CC[C@H](O)CC1. The van der Waals surface area contributed by atoms with Crippen LogP contribution in [0.5, 0.6) is 5.75 Å². The number of nitrogens with one attached hydrogen (secondary N) is 2. The van der Waals surface area contributed by atoms with Gasteiger partial charge in [-0.25, -0.2) is 9.97 Å². The largest absolute Gasteiger partial charge is 0.497 e.